The summed E-state index contributed by atoms with van der Waals surface area (Å²) in [6.07, 6.45) is 4.26. The molecule has 64 valence electrons. The predicted octanol–water partition coefficient (Wildman–Crippen LogP) is 1.87. The molecule has 0 saturated carbocycles. The van der Waals surface area contributed by atoms with Crippen molar-refractivity contribution in [2.75, 3.05) is 7.05 Å². The summed E-state index contributed by atoms with van der Waals surface area (Å²) >= 11 is 0. The van der Waals surface area contributed by atoms with Crippen molar-refractivity contribution in [2.24, 2.45) is 0 Å². The van der Waals surface area contributed by atoms with E-state index in [1.165, 1.54) is 12.8 Å². The van der Waals surface area contributed by atoms with Gasteiger partial charge in [0, 0.05) is 12.6 Å². The highest BCUT2D eigenvalue weighted by molar-refractivity contribution is 5.92. The molecular formula is C9H17NO. The highest BCUT2D eigenvalue weighted by Gasteiger charge is 2.01. The van der Waals surface area contributed by atoms with Crippen molar-refractivity contribution >= 4 is 5.91 Å². The summed E-state index contributed by atoms with van der Waals surface area (Å²) in [5.74, 6) is -0.0268. The quantitative estimate of drug-likeness (QED) is 0.476. The molecule has 0 aliphatic carbocycles. The normalized spacial score (nSPS) is 9.27. The zero-order valence-electron chi connectivity index (χ0n) is 7.44. The Morgan fingerprint density at radius 1 is 1.45 bits per heavy atom. The molecule has 0 bridgehead atoms. The molecule has 0 unspecified atom stereocenters. The van der Waals surface area contributed by atoms with Crippen LogP contribution in [0.4, 0.5) is 0 Å². The maximum atomic E-state index is 10.9. The van der Waals surface area contributed by atoms with E-state index < -0.39 is 0 Å². The van der Waals surface area contributed by atoms with Crippen molar-refractivity contribution in [3.63, 3.8) is 0 Å². The van der Waals surface area contributed by atoms with Crippen LogP contribution in [-0.4, -0.2) is 13.0 Å². The van der Waals surface area contributed by atoms with Crippen molar-refractivity contribution < 1.29 is 4.79 Å². The topological polar surface area (TPSA) is 29.1 Å². The zero-order valence-corrected chi connectivity index (χ0v) is 7.44. The molecule has 2 nitrogen and oxygen atoms in total. The summed E-state index contributed by atoms with van der Waals surface area (Å²) in [5.41, 5.74) is 0.695. The third-order valence-corrected chi connectivity index (χ3v) is 1.63. The minimum Gasteiger partial charge on any atom is -0.355 e. The lowest BCUT2D eigenvalue weighted by atomic mass is 10.1. The standard InChI is InChI=1S/C9H17NO/c1-4-5-6-7-8(2)9(11)10-3/h2,4-7H2,1,3H3,(H,10,11). The fourth-order valence-electron chi connectivity index (χ4n) is 0.879. The number of amides is 1. The van der Waals surface area contributed by atoms with Gasteiger partial charge in [-0.2, -0.15) is 0 Å². The molecule has 0 saturated heterocycles. The Morgan fingerprint density at radius 2 is 2.09 bits per heavy atom. The fraction of sp³-hybridized carbons (Fsp3) is 0.667. The van der Waals surface area contributed by atoms with Crippen LogP contribution in [0.25, 0.3) is 0 Å². The van der Waals surface area contributed by atoms with Crippen LogP contribution in [0.5, 0.6) is 0 Å². The highest BCUT2D eigenvalue weighted by atomic mass is 16.1. The third-order valence-electron chi connectivity index (χ3n) is 1.63. The molecule has 0 aromatic rings. The Morgan fingerprint density at radius 3 is 2.55 bits per heavy atom. The largest absolute Gasteiger partial charge is 0.355 e. The molecular weight excluding hydrogens is 138 g/mol. The lowest BCUT2D eigenvalue weighted by Gasteiger charge is -2.02. The van der Waals surface area contributed by atoms with Gasteiger partial charge >= 0.3 is 0 Å². The summed E-state index contributed by atoms with van der Waals surface area (Å²) in [6.45, 7) is 5.83. The van der Waals surface area contributed by atoms with Gasteiger partial charge in [-0.25, -0.2) is 0 Å². The second-order valence-corrected chi connectivity index (χ2v) is 2.64. The monoisotopic (exact) mass is 155 g/mol. The number of hydrogen-bond acceptors (Lipinski definition) is 1. The van der Waals surface area contributed by atoms with Crippen molar-refractivity contribution in [1.29, 1.82) is 0 Å². The maximum Gasteiger partial charge on any atom is 0.246 e. The van der Waals surface area contributed by atoms with Gasteiger partial charge in [-0.1, -0.05) is 26.3 Å². The average molecular weight is 155 g/mol. The molecule has 1 amide bonds. The number of unbranched alkanes of at least 4 members (excludes halogenated alkanes) is 2. The van der Waals surface area contributed by atoms with Gasteiger partial charge in [-0.3, -0.25) is 4.79 Å². The average Bonchev–Trinajstić information content (AvgIpc) is 2.03. The van der Waals surface area contributed by atoms with E-state index in [2.05, 4.69) is 18.8 Å². The Kier molecular flexibility index (Phi) is 5.53. The molecule has 0 aliphatic heterocycles. The first-order chi connectivity index (χ1) is 5.22. The first-order valence-electron chi connectivity index (χ1n) is 4.12. The molecule has 1 N–H and O–H groups in total. The first-order valence-corrected chi connectivity index (χ1v) is 4.12. The molecule has 0 aromatic carbocycles. The van der Waals surface area contributed by atoms with E-state index in [1.54, 1.807) is 7.05 Å². The second kappa shape index (κ2) is 5.96. The number of hydrogen-bond donors (Lipinski definition) is 1. The minimum atomic E-state index is -0.0268. The lowest BCUT2D eigenvalue weighted by molar-refractivity contribution is -0.117. The Bertz CT molecular complexity index is 140. The summed E-state index contributed by atoms with van der Waals surface area (Å²) in [5, 5.41) is 2.55. The van der Waals surface area contributed by atoms with E-state index in [4.69, 9.17) is 0 Å². The van der Waals surface area contributed by atoms with Gasteiger partial charge in [0.25, 0.3) is 0 Å². The van der Waals surface area contributed by atoms with Gasteiger partial charge in [0.15, 0.2) is 0 Å². The maximum absolute atomic E-state index is 10.9. The zero-order chi connectivity index (χ0) is 8.69. The molecule has 0 aromatic heterocycles. The van der Waals surface area contributed by atoms with Crippen LogP contribution in [0, 0.1) is 0 Å². The molecule has 0 spiro atoms. The fourth-order valence-corrected chi connectivity index (χ4v) is 0.879. The second-order valence-electron chi connectivity index (χ2n) is 2.64. The molecule has 0 heterocycles. The van der Waals surface area contributed by atoms with Crippen LogP contribution < -0.4 is 5.32 Å². The van der Waals surface area contributed by atoms with Crippen molar-refractivity contribution in [1.82, 2.24) is 5.32 Å². The molecule has 2 heteroatoms. The molecule has 0 rings (SSSR count). The number of nitrogens with one attached hydrogen (secondary N) is 1. The summed E-state index contributed by atoms with van der Waals surface area (Å²) < 4.78 is 0. The highest BCUT2D eigenvalue weighted by Crippen LogP contribution is 2.06. The predicted molar refractivity (Wildman–Crippen MR) is 47.3 cm³/mol. The molecule has 0 atom stereocenters. The molecule has 0 fully saturated rings. The summed E-state index contributed by atoms with van der Waals surface area (Å²) in [4.78, 5) is 10.9. The SMILES string of the molecule is C=C(CCCCC)C(=O)NC. The van der Waals surface area contributed by atoms with E-state index >= 15 is 0 Å². The van der Waals surface area contributed by atoms with Gasteiger partial charge in [-0.15, -0.1) is 0 Å². The molecule has 11 heavy (non-hydrogen) atoms. The van der Waals surface area contributed by atoms with Crippen LogP contribution in [0.1, 0.15) is 32.6 Å². The van der Waals surface area contributed by atoms with Gasteiger partial charge in [0.05, 0.1) is 0 Å². The third kappa shape index (κ3) is 4.59. The number of likely N-dealkylation sites (N-methyl/N-ethyl adjacent to an activating group) is 1. The van der Waals surface area contributed by atoms with Crippen LogP contribution in [0.2, 0.25) is 0 Å². The van der Waals surface area contributed by atoms with E-state index in [9.17, 15) is 4.79 Å². The van der Waals surface area contributed by atoms with E-state index in [0.29, 0.717) is 5.57 Å². The molecule has 0 radical (unpaired) electrons. The number of carbonyl (C=O) groups excluding carboxylic acids is 1. The smallest absolute Gasteiger partial charge is 0.246 e. The van der Waals surface area contributed by atoms with Gasteiger partial charge in [-0.05, 0) is 12.8 Å². The van der Waals surface area contributed by atoms with E-state index in [0.717, 1.165) is 12.8 Å². The lowest BCUT2D eigenvalue weighted by Crippen LogP contribution is -2.19. The number of rotatable bonds is 5. The number of carbonyl (C=O) groups is 1. The van der Waals surface area contributed by atoms with Crippen LogP contribution >= 0.6 is 0 Å². The van der Waals surface area contributed by atoms with E-state index in [-0.39, 0.29) is 5.91 Å². The first kappa shape index (κ1) is 10.2. The van der Waals surface area contributed by atoms with Crippen LogP contribution in [-0.2, 0) is 4.79 Å². The Hall–Kier alpha value is -0.790. The van der Waals surface area contributed by atoms with Gasteiger partial charge < -0.3 is 5.32 Å². The Balaban J connectivity index is 3.44. The van der Waals surface area contributed by atoms with E-state index in [1.807, 2.05) is 0 Å². The van der Waals surface area contributed by atoms with Crippen molar-refractivity contribution in [2.45, 2.75) is 32.6 Å². The van der Waals surface area contributed by atoms with Gasteiger partial charge in [0.1, 0.15) is 0 Å². The van der Waals surface area contributed by atoms with Crippen LogP contribution in [0.3, 0.4) is 0 Å². The summed E-state index contributed by atoms with van der Waals surface area (Å²) in [7, 11) is 1.63. The van der Waals surface area contributed by atoms with Gasteiger partial charge in [0.2, 0.25) is 5.91 Å². The summed E-state index contributed by atoms with van der Waals surface area (Å²) in [6, 6.07) is 0. The Labute approximate surface area is 68.7 Å². The van der Waals surface area contributed by atoms with Crippen molar-refractivity contribution in [3.05, 3.63) is 12.2 Å². The van der Waals surface area contributed by atoms with Crippen molar-refractivity contribution in [3.8, 4) is 0 Å². The molecule has 0 aliphatic rings. The van der Waals surface area contributed by atoms with Crippen LogP contribution in [0.15, 0.2) is 12.2 Å². The minimum absolute atomic E-state index is 0.0268.